The highest BCUT2D eigenvalue weighted by molar-refractivity contribution is 5.80. The Labute approximate surface area is 115 Å². The van der Waals surface area contributed by atoms with Gasteiger partial charge < -0.3 is 15.4 Å². The first-order valence-corrected chi connectivity index (χ1v) is 6.85. The summed E-state index contributed by atoms with van der Waals surface area (Å²) < 4.78 is 5.68. The molecule has 104 valence electrons. The van der Waals surface area contributed by atoms with Gasteiger partial charge >= 0.3 is 0 Å². The highest BCUT2D eigenvalue weighted by atomic mass is 16.5. The summed E-state index contributed by atoms with van der Waals surface area (Å²) in [7, 11) is 1.80. The lowest BCUT2D eigenvalue weighted by Gasteiger charge is -2.12. The highest BCUT2D eigenvalue weighted by Gasteiger charge is 2.33. The van der Waals surface area contributed by atoms with Crippen LogP contribution in [0.1, 0.15) is 18.9 Å². The summed E-state index contributed by atoms with van der Waals surface area (Å²) in [6.45, 7) is 5.68. The van der Waals surface area contributed by atoms with E-state index in [0.717, 1.165) is 24.2 Å². The van der Waals surface area contributed by atoms with Crippen LogP contribution in [0.2, 0.25) is 0 Å². The third kappa shape index (κ3) is 4.47. The Morgan fingerprint density at radius 1 is 1.47 bits per heavy atom. The van der Waals surface area contributed by atoms with Crippen molar-refractivity contribution < 1.29 is 4.74 Å². The fourth-order valence-corrected chi connectivity index (χ4v) is 1.94. The molecular formula is C15H23N3O. The zero-order chi connectivity index (χ0) is 13.7. The van der Waals surface area contributed by atoms with Crippen LogP contribution in [0.15, 0.2) is 29.3 Å². The van der Waals surface area contributed by atoms with Crippen molar-refractivity contribution in [3.63, 3.8) is 0 Å². The molecule has 1 aliphatic carbocycles. The Morgan fingerprint density at radius 2 is 2.26 bits per heavy atom. The van der Waals surface area contributed by atoms with E-state index in [0.29, 0.717) is 12.6 Å². The van der Waals surface area contributed by atoms with Crippen LogP contribution in [-0.2, 0) is 0 Å². The van der Waals surface area contributed by atoms with Crippen LogP contribution in [0.25, 0.3) is 0 Å². The molecule has 0 heterocycles. The maximum Gasteiger partial charge on any atom is 0.191 e. The van der Waals surface area contributed by atoms with Crippen LogP contribution in [0, 0.1) is 12.8 Å². The van der Waals surface area contributed by atoms with Crippen molar-refractivity contribution in [2.45, 2.75) is 26.3 Å². The SMILES string of the molecule is CN=C(NCCOc1cccc(C)c1)NC1CC1C. The quantitative estimate of drug-likeness (QED) is 0.484. The van der Waals surface area contributed by atoms with E-state index < -0.39 is 0 Å². The van der Waals surface area contributed by atoms with Crippen molar-refractivity contribution in [3.8, 4) is 5.75 Å². The Bertz CT molecular complexity index is 445. The molecule has 1 fully saturated rings. The molecule has 0 bridgehead atoms. The van der Waals surface area contributed by atoms with Crippen LogP contribution >= 0.6 is 0 Å². The van der Waals surface area contributed by atoms with Crippen molar-refractivity contribution in [3.05, 3.63) is 29.8 Å². The summed E-state index contributed by atoms with van der Waals surface area (Å²) in [5, 5.41) is 6.64. The molecule has 0 spiro atoms. The molecule has 0 aliphatic heterocycles. The van der Waals surface area contributed by atoms with E-state index in [-0.39, 0.29) is 0 Å². The van der Waals surface area contributed by atoms with Gasteiger partial charge in [0.15, 0.2) is 5.96 Å². The van der Waals surface area contributed by atoms with Gasteiger partial charge in [-0.25, -0.2) is 0 Å². The topological polar surface area (TPSA) is 45.7 Å². The molecule has 2 N–H and O–H groups in total. The van der Waals surface area contributed by atoms with Crippen LogP contribution in [0.5, 0.6) is 5.75 Å². The molecule has 1 saturated carbocycles. The van der Waals surface area contributed by atoms with Crippen molar-refractivity contribution in [1.29, 1.82) is 0 Å². The molecule has 4 nitrogen and oxygen atoms in total. The number of nitrogens with one attached hydrogen (secondary N) is 2. The van der Waals surface area contributed by atoms with Crippen molar-refractivity contribution in [2.24, 2.45) is 10.9 Å². The number of nitrogens with zero attached hydrogens (tertiary/aromatic N) is 1. The largest absolute Gasteiger partial charge is 0.492 e. The molecule has 1 aliphatic rings. The number of ether oxygens (including phenoxy) is 1. The summed E-state index contributed by atoms with van der Waals surface area (Å²) in [6, 6.07) is 8.68. The van der Waals surface area contributed by atoms with Crippen LogP contribution < -0.4 is 15.4 Å². The van der Waals surface area contributed by atoms with Crippen molar-refractivity contribution >= 4 is 5.96 Å². The maximum absolute atomic E-state index is 5.68. The van der Waals surface area contributed by atoms with Gasteiger partial charge in [-0.1, -0.05) is 19.1 Å². The van der Waals surface area contributed by atoms with Gasteiger partial charge in [0.2, 0.25) is 0 Å². The molecule has 0 radical (unpaired) electrons. The zero-order valence-electron chi connectivity index (χ0n) is 11.9. The van der Waals surface area contributed by atoms with Crippen molar-refractivity contribution in [1.82, 2.24) is 10.6 Å². The molecule has 0 amide bonds. The fraction of sp³-hybridized carbons (Fsp3) is 0.533. The Balaban J connectivity index is 1.65. The minimum absolute atomic E-state index is 0.587. The first kappa shape index (κ1) is 13.7. The van der Waals surface area contributed by atoms with Gasteiger partial charge in [-0.05, 0) is 37.0 Å². The minimum Gasteiger partial charge on any atom is -0.492 e. The first-order chi connectivity index (χ1) is 9.19. The second-order valence-corrected chi connectivity index (χ2v) is 5.13. The van der Waals surface area contributed by atoms with Gasteiger partial charge in [0.05, 0.1) is 6.54 Å². The smallest absolute Gasteiger partial charge is 0.191 e. The summed E-state index contributed by atoms with van der Waals surface area (Å²) in [5.41, 5.74) is 1.21. The molecule has 19 heavy (non-hydrogen) atoms. The van der Waals surface area contributed by atoms with Gasteiger partial charge in [-0.2, -0.15) is 0 Å². The van der Waals surface area contributed by atoms with E-state index in [1.807, 2.05) is 18.2 Å². The molecular weight excluding hydrogens is 238 g/mol. The number of benzene rings is 1. The molecule has 1 aromatic rings. The Morgan fingerprint density at radius 3 is 2.89 bits per heavy atom. The predicted molar refractivity (Wildman–Crippen MR) is 78.7 cm³/mol. The second-order valence-electron chi connectivity index (χ2n) is 5.13. The molecule has 2 atom stereocenters. The third-order valence-electron chi connectivity index (χ3n) is 3.31. The van der Waals surface area contributed by atoms with E-state index in [2.05, 4.69) is 35.5 Å². The number of hydrogen-bond donors (Lipinski definition) is 2. The molecule has 4 heteroatoms. The maximum atomic E-state index is 5.68. The minimum atomic E-state index is 0.587. The fourth-order valence-electron chi connectivity index (χ4n) is 1.94. The normalized spacial score (nSPS) is 21.9. The van der Waals surface area contributed by atoms with Gasteiger partial charge in [-0.15, -0.1) is 0 Å². The lowest BCUT2D eigenvalue weighted by Crippen LogP contribution is -2.40. The number of hydrogen-bond acceptors (Lipinski definition) is 2. The summed E-state index contributed by atoms with van der Waals surface area (Å²) in [4.78, 5) is 4.20. The average molecular weight is 261 g/mol. The lowest BCUT2D eigenvalue weighted by atomic mass is 10.2. The number of aliphatic imine (C=N–C) groups is 1. The Hall–Kier alpha value is -1.71. The lowest BCUT2D eigenvalue weighted by molar-refractivity contribution is 0.321. The van der Waals surface area contributed by atoms with E-state index in [1.54, 1.807) is 7.05 Å². The predicted octanol–water partition coefficient (Wildman–Crippen LogP) is 1.95. The van der Waals surface area contributed by atoms with Crippen LogP contribution in [-0.4, -0.2) is 32.2 Å². The number of rotatable bonds is 5. The van der Waals surface area contributed by atoms with Gasteiger partial charge in [0.1, 0.15) is 12.4 Å². The zero-order valence-corrected chi connectivity index (χ0v) is 11.9. The highest BCUT2D eigenvalue weighted by Crippen LogP contribution is 2.28. The first-order valence-electron chi connectivity index (χ1n) is 6.85. The second kappa shape index (κ2) is 6.45. The molecule has 0 aromatic heterocycles. The van der Waals surface area contributed by atoms with Crippen LogP contribution in [0.4, 0.5) is 0 Å². The standard InChI is InChI=1S/C15H23N3O/c1-11-5-4-6-13(9-11)19-8-7-17-15(16-3)18-14-10-12(14)2/h4-6,9,12,14H,7-8,10H2,1-3H3,(H2,16,17,18). The van der Waals surface area contributed by atoms with E-state index >= 15 is 0 Å². The molecule has 2 unspecified atom stereocenters. The Kier molecular flexibility index (Phi) is 4.66. The van der Waals surface area contributed by atoms with Gasteiger partial charge in [-0.3, -0.25) is 4.99 Å². The van der Waals surface area contributed by atoms with E-state index in [1.165, 1.54) is 12.0 Å². The molecule has 2 rings (SSSR count). The third-order valence-corrected chi connectivity index (χ3v) is 3.31. The van der Waals surface area contributed by atoms with E-state index in [9.17, 15) is 0 Å². The van der Waals surface area contributed by atoms with Gasteiger partial charge in [0, 0.05) is 13.1 Å². The average Bonchev–Trinajstić information content (AvgIpc) is 3.09. The van der Waals surface area contributed by atoms with Gasteiger partial charge in [0.25, 0.3) is 0 Å². The molecule has 0 saturated heterocycles. The summed E-state index contributed by atoms with van der Waals surface area (Å²) in [6.07, 6.45) is 1.24. The number of aryl methyl sites for hydroxylation is 1. The number of guanidine groups is 1. The molecule has 1 aromatic carbocycles. The van der Waals surface area contributed by atoms with E-state index in [4.69, 9.17) is 4.74 Å². The summed E-state index contributed by atoms with van der Waals surface area (Å²) in [5.74, 6) is 2.55. The monoisotopic (exact) mass is 261 g/mol. The van der Waals surface area contributed by atoms with Crippen molar-refractivity contribution in [2.75, 3.05) is 20.2 Å². The van der Waals surface area contributed by atoms with Crippen LogP contribution in [0.3, 0.4) is 0 Å². The summed E-state index contributed by atoms with van der Waals surface area (Å²) >= 11 is 0.